The number of nitrogens with one attached hydrogen (secondary N) is 1. The van der Waals surface area contributed by atoms with Crippen LogP contribution in [0.2, 0.25) is 0 Å². The summed E-state index contributed by atoms with van der Waals surface area (Å²) >= 11 is 1.37. The van der Waals surface area contributed by atoms with Gasteiger partial charge < -0.3 is 10.1 Å². The summed E-state index contributed by atoms with van der Waals surface area (Å²) < 4.78 is 5.01. The Kier molecular flexibility index (Phi) is 5.06. The van der Waals surface area contributed by atoms with Crippen molar-refractivity contribution in [2.75, 3.05) is 11.9 Å². The second-order valence-corrected chi connectivity index (χ2v) is 5.96. The molecule has 1 amide bonds. The molecule has 0 fully saturated rings. The normalized spacial score (nSPS) is 10.1. The minimum absolute atomic E-state index is 0.188. The first kappa shape index (κ1) is 15.9. The van der Waals surface area contributed by atoms with Crippen LogP contribution in [0.4, 0.5) is 5.69 Å². The van der Waals surface area contributed by atoms with Crippen LogP contribution in [0, 0.1) is 6.92 Å². The molecule has 1 aromatic heterocycles. The van der Waals surface area contributed by atoms with Crippen molar-refractivity contribution in [1.29, 1.82) is 0 Å². The number of anilines is 1. The molecule has 0 saturated carbocycles. The van der Waals surface area contributed by atoms with Crippen molar-refractivity contribution in [3.8, 4) is 0 Å². The Morgan fingerprint density at radius 1 is 1.09 bits per heavy atom. The first-order valence-corrected chi connectivity index (χ1v) is 7.42. The Morgan fingerprint density at radius 3 is 2.32 bits per heavy atom. The Hall–Kier alpha value is -2.47. The number of carbonyl (C=O) groups is 3. The van der Waals surface area contributed by atoms with Gasteiger partial charge in [-0.25, -0.2) is 4.79 Å². The summed E-state index contributed by atoms with van der Waals surface area (Å²) in [6.45, 7) is 3.02. The molecular formula is C16H15NO4S. The van der Waals surface area contributed by atoms with E-state index in [9.17, 15) is 14.4 Å². The van der Waals surface area contributed by atoms with Gasteiger partial charge in [0.15, 0.2) is 6.61 Å². The number of thiophene rings is 1. The quantitative estimate of drug-likeness (QED) is 0.679. The van der Waals surface area contributed by atoms with Crippen molar-refractivity contribution in [3.05, 3.63) is 51.7 Å². The van der Waals surface area contributed by atoms with Gasteiger partial charge in [0.1, 0.15) is 0 Å². The second kappa shape index (κ2) is 7.00. The topological polar surface area (TPSA) is 72.5 Å². The largest absolute Gasteiger partial charge is 0.454 e. The van der Waals surface area contributed by atoms with E-state index in [4.69, 9.17) is 4.74 Å². The van der Waals surface area contributed by atoms with Crippen LogP contribution >= 0.6 is 11.3 Å². The SMILES string of the molecule is CC(=O)Nc1ccc(C(=O)OCC(=O)c2ccc(C)s2)cc1. The fourth-order valence-electron chi connectivity index (χ4n) is 1.76. The van der Waals surface area contributed by atoms with Crippen LogP contribution in [-0.4, -0.2) is 24.3 Å². The standard InChI is InChI=1S/C16H15NO4S/c1-10-3-8-15(22-10)14(19)9-21-16(20)12-4-6-13(7-5-12)17-11(2)18/h3-8H,9H2,1-2H3,(H,17,18). The minimum Gasteiger partial charge on any atom is -0.454 e. The molecule has 22 heavy (non-hydrogen) atoms. The molecule has 2 aromatic rings. The van der Waals surface area contributed by atoms with Gasteiger partial charge in [-0.2, -0.15) is 0 Å². The summed E-state index contributed by atoms with van der Waals surface area (Å²) in [7, 11) is 0. The van der Waals surface area contributed by atoms with Gasteiger partial charge in [-0.15, -0.1) is 11.3 Å². The molecule has 6 heteroatoms. The van der Waals surface area contributed by atoms with Gasteiger partial charge in [-0.1, -0.05) is 0 Å². The summed E-state index contributed by atoms with van der Waals surface area (Å²) in [6.07, 6.45) is 0. The summed E-state index contributed by atoms with van der Waals surface area (Å²) in [5.41, 5.74) is 0.915. The van der Waals surface area contributed by atoms with Gasteiger partial charge in [0.25, 0.3) is 0 Å². The van der Waals surface area contributed by atoms with Gasteiger partial charge in [-0.3, -0.25) is 9.59 Å². The van der Waals surface area contributed by atoms with Crippen LogP contribution in [0.15, 0.2) is 36.4 Å². The lowest BCUT2D eigenvalue weighted by Crippen LogP contribution is -2.13. The highest BCUT2D eigenvalue weighted by molar-refractivity contribution is 7.14. The third kappa shape index (κ3) is 4.26. The van der Waals surface area contributed by atoms with E-state index in [1.165, 1.54) is 30.4 Å². The zero-order valence-electron chi connectivity index (χ0n) is 12.2. The molecule has 1 N–H and O–H groups in total. The molecule has 0 unspecified atom stereocenters. The Morgan fingerprint density at radius 2 is 1.77 bits per heavy atom. The van der Waals surface area contributed by atoms with Crippen molar-refractivity contribution >= 4 is 34.7 Å². The lowest BCUT2D eigenvalue weighted by Gasteiger charge is -2.05. The molecule has 1 aromatic carbocycles. The highest BCUT2D eigenvalue weighted by Crippen LogP contribution is 2.16. The first-order chi connectivity index (χ1) is 10.5. The van der Waals surface area contributed by atoms with Crippen LogP contribution in [0.3, 0.4) is 0 Å². The van der Waals surface area contributed by atoms with E-state index in [0.717, 1.165) is 4.88 Å². The van der Waals surface area contributed by atoms with Crippen molar-refractivity contribution in [1.82, 2.24) is 0 Å². The number of benzene rings is 1. The van der Waals surface area contributed by atoms with Gasteiger partial charge in [0, 0.05) is 17.5 Å². The van der Waals surface area contributed by atoms with Crippen molar-refractivity contribution in [2.24, 2.45) is 0 Å². The number of ketones is 1. The summed E-state index contributed by atoms with van der Waals surface area (Å²) in [6, 6.07) is 9.84. The fraction of sp³-hybridized carbons (Fsp3) is 0.188. The summed E-state index contributed by atoms with van der Waals surface area (Å²) in [4.78, 5) is 36.2. The monoisotopic (exact) mass is 317 g/mol. The van der Waals surface area contributed by atoms with E-state index in [2.05, 4.69) is 5.32 Å². The van der Waals surface area contributed by atoms with E-state index in [1.54, 1.807) is 18.2 Å². The third-order valence-electron chi connectivity index (χ3n) is 2.79. The predicted molar refractivity (Wildman–Crippen MR) is 84.4 cm³/mol. The highest BCUT2D eigenvalue weighted by Gasteiger charge is 2.13. The molecule has 5 nitrogen and oxygen atoms in total. The Bertz CT molecular complexity index is 703. The molecule has 0 aliphatic carbocycles. The van der Waals surface area contributed by atoms with Gasteiger partial charge >= 0.3 is 5.97 Å². The zero-order valence-corrected chi connectivity index (χ0v) is 13.0. The van der Waals surface area contributed by atoms with Crippen LogP contribution in [0.1, 0.15) is 31.8 Å². The molecule has 114 valence electrons. The van der Waals surface area contributed by atoms with Crippen LogP contribution < -0.4 is 5.32 Å². The lowest BCUT2D eigenvalue weighted by atomic mass is 10.2. The highest BCUT2D eigenvalue weighted by atomic mass is 32.1. The number of hydrogen-bond donors (Lipinski definition) is 1. The van der Waals surface area contributed by atoms with Gasteiger partial charge in [0.2, 0.25) is 11.7 Å². The first-order valence-electron chi connectivity index (χ1n) is 6.60. The Balaban J connectivity index is 1.92. The van der Waals surface area contributed by atoms with Crippen molar-refractivity contribution in [2.45, 2.75) is 13.8 Å². The average Bonchev–Trinajstić information content (AvgIpc) is 2.91. The van der Waals surface area contributed by atoms with Crippen molar-refractivity contribution in [3.63, 3.8) is 0 Å². The second-order valence-electron chi connectivity index (χ2n) is 4.67. The number of carbonyl (C=O) groups excluding carboxylic acids is 3. The summed E-state index contributed by atoms with van der Waals surface area (Å²) in [5, 5.41) is 2.60. The van der Waals surface area contributed by atoms with Crippen LogP contribution in [-0.2, 0) is 9.53 Å². The van der Waals surface area contributed by atoms with Gasteiger partial charge in [0.05, 0.1) is 10.4 Å². The minimum atomic E-state index is -0.573. The maximum atomic E-state index is 11.9. The van der Waals surface area contributed by atoms with Crippen molar-refractivity contribution < 1.29 is 19.1 Å². The third-order valence-corrected chi connectivity index (χ3v) is 3.83. The number of ether oxygens (including phenoxy) is 1. The van der Waals surface area contributed by atoms with E-state index >= 15 is 0 Å². The fourth-order valence-corrected chi connectivity index (χ4v) is 2.55. The van der Waals surface area contributed by atoms with Crippen LogP contribution in [0.25, 0.3) is 0 Å². The summed E-state index contributed by atoms with van der Waals surface area (Å²) in [5.74, 6) is -0.982. The molecule has 0 bridgehead atoms. The molecule has 0 aliphatic rings. The molecule has 0 atom stereocenters. The molecule has 0 aliphatic heterocycles. The zero-order chi connectivity index (χ0) is 16.1. The Labute approximate surface area is 131 Å². The van der Waals surface area contributed by atoms with E-state index in [-0.39, 0.29) is 18.3 Å². The van der Waals surface area contributed by atoms with Gasteiger partial charge in [-0.05, 0) is 43.3 Å². The number of aryl methyl sites for hydroxylation is 1. The number of hydrogen-bond acceptors (Lipinski definition) is 5. The molecule has 0 saturated heterocycles. The van der Waals surface area contributed by atoms with E-state index in [0.29, 0.717) is 16.1 Å². The maximum Gasteiger partial charge on any atom is 0.338 e. The van der Waals surface area contributed by atoms with E-state index < -0.39 is 5.97 Å². The maximum absolute atomic E-state index is 11.9. The number of esters is 1. The molecule has 0 spiro atoms. The molecule has 0 radical (unpaired) electrons. The predicted octanol–water partition coefficient (Wildman–Crippen LogP) is 3.05. The molecule has 2 rings (SSSR count). The number of rotatable bonds is 5. The van der Waals surface area contributed by atoms with Crippen LogP contribution in [0.5, 0.6) is 0 Å². The smallest absolute Gasteiger partial charge is 0.338 e. The number of amides is 1. The number of Topliss-reactive ketones (excluding diaryl/α,β-unsaturated/α-hetero) is 1. The lowest BCUT2D eigenvalue weighted by molar-refractivity contribution is -0.114. The average molecular weight is 317 g/mol. The van der Waals surface area contributed by atoms with E-state index in [1.807, 2.05) is 13.0 Å². The molecular weight excluding hydrogens is 302 g/mol. The molecule has 1 heterocycles.